The van der Waals surface area contributed by atoms with Crippen LogP contribution in [0.15, 0.2) is 42.5 Å². The first-order chi connectivity index (χ1) is 10.5. The van der Waals surface area contributed by atoms with Gasteiger partial charge in [-0.1, -0.05) is 50.2 Å². The van der Waals surface area contributed by atoms with Crippen LogP contribution in [0.25, 0.3) is 11.1 Å². The summed E-state index contributed by atoms with van der Waals surface area (Å²) < 4.78 is 0. The molecule has 0 spiro atoms. The molecule has 112 valence electrons. The zero-order valence-corrected chi connectivity index (χ0v) is 13.3. The van der Waals surface area contributed by atoms with Gasteiger partial charge in [-0.2, -0.15) is 0 Å². The van der Waals surface area contributed by atoms with Crippen molar-refractivity contribution in [3.8, 4) is 11.1 Å². The van der Waals surface area contributed by atoms with Crippen LogP contribution in [-0.4, -0.2) is 11.6 Å². The number of hydrogen-bond acceptors (Lipinski definition) is 2. The molecule has 0 unspecified atom stereocenters. The summed E-state index contributed by atoms with van der Waals surface area (Å²) in [4.78, 5) is 23.5. The first-order valence-electron chi connectivity index (χ1n) is 7.84. The van der Waals surface area contributed by atoms with Crippen LogP contribution < -0.4 is 0 Å². The fourth-order valence-electron chi connectivity index (χ4n) is 3.81. The van der Waals surface area contributed by atoms with E-state index in [0.717, 1.165) is 12.8 Å². The highest BCUT2D eigenvalue weighted by atomic mass is 16.2. The molecule has 2 heteroatoms. The summed E-state index contributed by atoms with van der Waals surface area (Å²) in [5.74, 6) is -0.811. The van der Waals surface area contributed by atoms with E-state index in [-0.39, 0.29) is 5.41 Å². The van der Waals surface area contributed by atoms with Crippen molar-refractivity contribution in [2.45, 2.75) is 39.0 Å². The van der Waals surface area contributed by atoms with Gasteiger partial charge in [0.2, 0.25) is 5.78 Å². The third kappa shape index (κ3) is 1.87. The molecule has 0 N–H and O–H groups in total. The normalized spacial score (nSPS) is 14.3. The average molecular weight is 292 g/mol. The summed E-state index contributed by atoms with van der Waals surface area (Å²) in [6.45, 7) is 5.71. The van der Waals surface area contributed by atoms with Gasteiger partial charge in [0, 0.05) is 17.9 Å². The van der Waals surface area contributed by atoms with Gasteiger partial charge in [0.15, 0.2) is 5.78 Å². The van der Waals surface area contributed by atoms with Gasteiger partial charge in [0.05, 0.1) is 0 Å². The second-order valence-corrected chi connectivity index (χ2v) is 5.98. The monoisotopic (exact) mass is 292 g/mol. The molecule has 0 amide bonds. The number of ketones is 2. The molecule has 0 atom stereocenters. The molecule has 0 saturated heterocycles. The Hall–Kier alpha value is -2.22. The molecule has 2 aromatic carbocycles. The van der Waals surface area contributed by atoms with Gasteiger partial charge in [0.1, 0.15) is 0 Å². The van der Waals surface area contributed by atoms with E-state index in [1.54, 1.807) is 6.07 Å². The van der Waals surface area contributed by atoms with E-state index in [4.69, 9.17) is 0 Å². The highest BCUT2D eigenvalue weighted by Crippen LogP contribution is 2.52. The molecule has 2 nitrogen and oxygen atoms in total. The Labute approximate surface area is 131 Å². The van der Waals surface area contributed by atoms with Crippen LogP contribution in [0.3, 0.4) is 0 Å². The summed E-state index contributed by atoms with van der Waals surface area (Å²) >= 11 is 0. The molecule has 0 aliphatic heterocycles. The number of fused-ring (bicyclic) bond motifs is 3. The molecule has 0 fully saturated rings. The molecular formula is C20H20O2. The first-order valence-corrected chi connectivity index (χ1v) is 7.84. The fourth-order valence-corrected chi connectivity index (χ4v) is 3.81. The van der Waals surface area contributed by atoms with Gasteiger partial charge in [-0.05, 0) is 41.2 Å². The second-order valence-electron chi connectivity index (χ2n) is 5.98. The molecular weight excluding hydrogens is 272 g/mol. The van der Waals surface area contributed by atoms with Crippen molar-refractivity contribution >= 4 is 11.6 Å². The first kappa shape index (κ1) is 14.7. The molecule has 0 saturated carbocycles. The zero-order valence-electron chi connectivity index (χ0n) is 13.3. The maximum absolute atomic E-state index is 12.1. The Morgan fingerprint density at radius 1 is 0.909 bits per heavy atom. The van der Waals surface area contributed by atoms with Crippen LogP contribution in [0, 0.1) is 0 Å². The maximum Gasteiger partial charge on any atom is 0.228 e. The van der Waals surface area contributed by atoms with E-state index in [2.05, 4.69) is 38.1 Å². The molecule has 1 aliphatic carbocycles. The van der Waals surface area contributed by atoms with Crippen LogP contribution >= 0.6 is 0 Å². The van der Waals surface area contributed by atoms with Crippen LogP contribution in [0.4, 0.5) is 0 Å². The van der Waals surface area contributed by atoms with Crippen molar-refractivity contribution in [3.05, 3.63) is 59.2 Å². The summed E-state index contributed by atoms with van der Waals surface area (Å²) in [6.07, 6.45) is 1.95. The van der Waals surface area contributed by atoms with E-state index in [0.29, 0.717) is 5.56 Å². The summed E-state index contributed by atoms with van der Waals surface area (Å²) in [7, 11) is 0. The smallest absolute Gasteiger partial charge is 0.228 e. The lowest BCUT2D eigenvalue weighted by atomic mass is 9.73. The van der Waals surface area contributed by atoms with Crippen molar-refractivity contribution in [2.24, 2.45) is 0 Å². The minimum absolute atomic E-state index is 0.0565. The number of hydrogen-bond donors (Lipinski definition) is 0. The fraction of sp³-hybridized carbons (Fsp3) is 0.300. The molecule has 0 radical (unpaired) electrons. The largest absolute Gasteiger partial charge is 0.291 e. The second kappa shape index (κ2) is 5.20. The van der Waals surface area contributed by atoms with Crippen molar-refractivity contribution in [1.82, 2.24) is 0 Å². The summed E-state index contributed by atoms with van der Waals surface area (Å²) in [5.41, 5.74) is 5.42. The van der Waals surface area contributed by atoms with Gasteiger partial charge in [0.25, 0.3) is 0 Å². The van der Waals surface area contributed by atoms with E-state index in [1.807, 2.05) is 12.1 Å². The van der Waals surface area contributed by atoms with Crippen molar-refractivity contribution in [3.63, 3.8) is 0 Å². The Kier molecular flexibility index (Phi) is 3.48. The van der Waals surface area contributed by atoms with Crippen LogP contribution in [-0.2, 0) is 10.2 Å². The zero-order chi connectivity index (χ0) is 15.9. The topological polar surface area (TPSA) is 34.1 Å². The van der Waals surface area contributed by atoms with Gasteiger partial charge in [-0.3, -0.25) is 9.59 Å². The van der Waals surface area contributed by atoms with Crippen LogP contribution in [0.1, 0.15) is 55.1 Å². The van der Waals surface area contributed by atoms with E-state index < -0.39 is 11.6 Å². The molecule has 0 heterocycles. The van der Waals surface area contributed by atoms with Gasteiger partial charge in [-0.25, -0.2) is 0 Å². The third-order valence-corrected chi connectivity index (χ3v) is 5.06. The highest BCUT2D eigenvalue weighted by molar-refractivity contribution is 6.43. The lowest BCUT2D eigenvalue weighted by Gasteiger charge is -2.29. The number of carbonyl (C=O) groups excluding carboxylic acids is 2. The number of carbonyl (C=O) groups is 2. The number of rotatable bonds is 4. The van der Waals surface area contributed by atoms with Gasteiger partial charge in [-0.15, -0.1) is 0 Å². The standard InChI is InChI=1S/C20H20O2/c1-4-20(5-2)17-9-7-6-8-15(17)16-11-10-14(12-18(16)20)19(22)13(3)21/h6-12H,4-5H2,1-3H3. The quantitative estimate of drug-likeness (QED) is 0.612. The predicted molar refractivity (Wildman–Crippen MR) is 88.3 cm³/mol. The Balaban J connectivity index is 2.27. The molecule has 3 rings (SSSR count). The molecule has 2 aromatic rings. The number of Topliss-reactive ketones (excluding diaryl/α,β-unsaturated/α-hetero) is 2. The Morgan fingerprint density at radius 3 is 2.18 bits per heavy atom. The van der Waals surface area contributed by atoms with Gasteiger partial charge < -0.3 is 0 Å². The minimum atomic E-state index is -0.408. The van der Waals surface area contributed by atoms with Crippen molar-refractivity contribution < 1.29 is 9.59 Å². The maximum atomic E-state index is 12.1. The Bertz CT molecular complexity index is 767. The molecule has 0 bridgehead atoms. The van der Waals surface area contributed by atoms with Crippen molar-refractivity contribution in [1.29, 1.82) is 0 Å². The lowest BCUT2D eigenvalue weighted by molar-refractivity contribution is -0.113. The van der Waals surface area contributed by atoms with Gasteiger partial charge >= 0.3 is 0 Å². The van der Waals surface area contributed by atoms with Crippen molar-refractivity contribution in [2.75, 3.05) is 0 Å². The van der Waals surface area contributed by atoms with Crippen LogP contribution in [0.5, 0.6) is 0 Å². The highest BCUT2D eigenvalue weighted by Gasteiger charge is 2.40. The molecule has 22 heavy (non-hydrogen) atoms. The summed E-state index contributed by atoms with van der Waals surface area (Å²) in [6, 6.07) is 14.2. The number of benzene rings is 2. The lowest BCUT2D eigenvalue weighted by Crippen LogP contribution is -2.23. The molecule has 0 aromatic heterocycles. The van der Waals surface area contributed by atoms with E-state index in [9.17, 15) is 9.59 Å². The van der Waals surface area contributed by atoms with Crippen LogP contribution in [0.2, 0.25) is 0 Å². The Morgan fingerprint density at radius 2 is 1.55 bits per heavy atom. The predicted octanol–water partition coefficient (Wildman–Crippen LogP) is 4.54. The summed E-state index contributed by atoms with van der Waals surface area (Å²) in [5, 5.41) is 0. The van der Waals surface area contributed by atoms with E-state index >= 15 is 0 Å². The average Bonchev–Trinajstić information content (AvgIpc) is 2.83. The van der Waals surface area contributed by atoms with E-state index in [1.165, 1.54) is 29.2 Å². The SMILES string of the molecule is CCC1(CC)c2ccccc2-c2ccc(C(=O)C(C)=O)cc21. The minimum Gasteiger partial charge on any atom is -0.291 e. The molecule has 1 aliphatic rings. The third-order valence-electron chi connectivity index (χ3n) is 5.06.